The van der Waals surface area contributed by atoms with Crippen LogP contribution in [0.15, 0.2) is 17.1 Å². The Morgan fingerprint density at radius 3 is 2.62 bits per heavy atom. The van der Waals surface area contributed by atoms with Gasteiger partial charge in [-0.1, -0.05) is 0 Å². The van der Waals surface area contributed by atoms with Gasteiger partial charge in [-0.3, -0.25) is 9.59 Å². The number of anilines is 1. The zero-order chi connectivity index (χ0) is 14.7. The molecule has 1 aromatic rings. The SMILES string of the molecule is O=C(C1CCN(c2cn[nH]c(=O)c2)CC1)N1CCSCC1. The van der Waals surface area contributed by atoms with E-state index in [-0.39, 0.29) is 11.5 Å². The summed E-state index contributed by atoms with van der Waals surface area (Å²) < 4.78 is 0. The number of amides is 1. The van der Waals surface area contributed by atoms with Gasteiger partial charge in [-0.05, 0) is 12.8 Å². The fourth-order valence-corrected chi connectivity index (χ4v) is 3.87. The first-order valence-corrected chi connectivity index (χ1v) is 8.56. The summed E-state index contributed by atoms with van der Waals surface area (Å²) in [5.74, 6) is 2.57. The lowest BCUT2D eigenvalue weighted by atomic mass is 9.95. The molecule has 0 radical (unpaired) electrons. The Labute approximate surface area is 127 Å². The van der Waals surface area contributed by atoms with E-state index < -0.39 is 0 Å². The van der Waals surface area contributed by atoms with Crippen molar-refractivity contribution in [2.75, 3.05) is 42.6 Å². The molecule has 114 valence electrons. The lowest BCUT2D eigenvalue weighted by molar-refractivity contribution is -0.135. The number of piperidine rings is 1. The number of aromatic nitrogens is 2. The Balaban J connectivity index is 1.57. The van der Waals surface area contributed by atoms with Gasteiger partial charge in [0.2, 0.25) is 5.91 Å². The van der Waals surface area contributed by atoms with E-state index in [2.05, 4.69) is 15.1 Å². The number of hydrogen-bond donors (Lipinski definition) is 1. The van der Waals surface area contributed by atoms with Crippen molar-refractivity contribution in [3.8, 4) is 0 Å². The third-order valence-corrected chi connectivity index (χ3v) is 5.13. The molecule has 6 nitrogen and oxygen atoms in total. The van der Waals surface area contributed by atoms with Gasteiger partial charge in [-0.25, -0.2) is 5.10 Å². The highest BCUT2D eigenvalue weighted by Crippen LogP contribution is 2.24. The van der Waals surface area contributed by atoms with Crippen LogP contribution in [0.25, 0.3) is 0 Å². The first-order chi connectivity index (χ1) is 10.2. The molecule has 0 atom stereocenters. The summed E-state index contributed by atoms with van der Waals surface area (Å²) in [6, 6.07) is 1.57. The summed E-state index contributed by atoms with van der Waals surface area (Å²) in [6.07, 6.45) is 3.38. The number of carbonyl (C=O) groups is 1. The van der Waals surface area contributed by atoms with Crippen LogP contribution in [0.2, 0.25) is 0 Å². The first-order valence-electron chi connectivity index (χ1n) is 7.40. The highest BCUT2D eigenvalue weighted by atomic mass is 32.2. The molecular formula is C14H20N4O2S. The van der Waals surface area contributed by atoms with E-state index in [1.54, 1.807) is 12.3 Å². The number of H-pyrrole nitrogens is 1. The highest BCUT2D eigenvalue weighted by Gasteiger charge is 2.29. The van der Waals surface area contributed by atoms with E-state index >= 15 is 0 Å². The van der Waals surface area contributed by atoms with Gasteiger partial charge in [0, 0.05) is 49.7 Å². The second kappa shape index (κ2) is 6.51. The van der Waals surface area contributed by atoms with E-state index in [9.17, 15) is 9.59 Å². The first kappa shape index (κ1) is 14.4. The number of aromatic amines is 1. The molecule has 1 amide bonds. The van der Waals surface area contributed by atoms with Crippen LogP contribution < -0.4 is 10.5 Å². The predicted octanol–water partition coefficient (Wildman–Crippen LogP) is 0.562. The van der Waals surface area contributed by atoms with Crippen LogP contribution in [0.3, 0.4) is 0 Å². The summed E-state index contributed by atoms with van der Waals surface area (Å²) in [5, 5.41) is 6.22. The van der Waals surface area contributed by atoms with Crippen molar-refractivity contribution in [3.05, 3.63) is 22.6 Å². The second-order valence-electron chi connectivity index (χ2n) is 5.50. The van der Waals surface area contributed by atoms with E-state index in [1.807, 2.05) is 16.7 Å². The van der Waals surface area contributed by atoms with Crippen molar-refractivity contribution in [2.45, 2.75) is 12.8 Å². The monoisotopic (exact) mass is 308 g/mol. The molecule has 0 unspecified atom stereocenters. The van der Waals surface area contributed by atoms with Crippen LogP contribution in [0, 0.1) is 5.92 Å². The number of rotatable bonds is 2. The molecule has 1 N–H and O–H groups in total. The van der Waals surface area contributed by atoms with E-state index in [1.165, 1.54) is 0 Å². The maximum Gasteiger partial charge on any atom is 0.266 e. The fraction of sp³-hybridized carbons (Fsp3) is 0.643. The molecule has 0 aliphatic carbocycles. The normalized spacial score (nSPS) is 20.6. The third kappa shape index (κ3) is 3.40. The topological polar surface area (TPSA) is 69.3 Å². The van der Waals surface area contributed by atoms with Crippen LogP contribution in [-0.4, -0.2) is 58.7 Å². The summed E-state index contributed by atoms with van der Waals surface area (Å²) in [7, 11) is 0. The number of hydrogen-bond acceptors (Lipinski definition) is 5. The van der Waals surface area contributed by atoms with E-state index in [0.29, 0.717) is 5.91 Å². The highest BCUT2D eigenvalue weighted by molar-refractivity contribution is 7.99. The molecule has 21 heavy (non-hydrogen) atoms. The van der Waals surface area contributed by atoms with Crippen LogP contribution in [0.5, 0.6) is 0 Å². The van der Waals surface area contributed by atoms with Crippen LogP contribution in [-0.2, 0) is 4.79 Å². The predicted molar refractivity (Wildman–Crippen MR) is 83.7 cm³/mol. The van der Waals surface area contributed by atoms with Crippen molar-refractivity contribution in [1.82, 2.24) is 15.1 Å². The third-order valence-electron chi connectivity index (χ3n) is 4.18. The zero-order valence-corrected chi connectivity index (χ0v) is 12.8. The van der Waals surface area contributed by atoms with Gasteiger partial charge >= 0.3 is 0 Å². The molecule has 2 saturated heterocycles. The molecule has 0 aromatic carbocycles. The fourth-order valence-electron chi connectivity index (χ4n) is 2.97. The Kier molecular flexibility index (Phi) is 4.48. The van der Waals surface area contributed by atoms with Gasteiger partial charge in [0.1, 0.15) is 0 Å². The minimum Gasteiger partial charge on any atom is -0.370 e. The minimum absolute atomic E-state index is 0.138. The molecule has 1 aromatic heterocycles. The lowest BCUT2D eigenvalue weighted by Crippen LogP contribution is -2.45. The van der Waals surface area contributed by atoms with Crippen molar-refractivity contribution >= 4 is 23.4 Å². The van der Waals surface area contributed by atoms with Crippen molar-refractivity contribution in [2.24, 2.45) is 5.92 Å². The number of carbonyl (C=O) groups excluding carboxylic acids is 1. The summed E-state index contributed by atoms with van der Waals surface area (Å²) in [6.45, 7) is 3.40. The van der Waals surface area contributed by atoms with Gasteiger partial charge < -0.3 is 9.80 Å². The quantitative estimate of drug-likeness (QED) is 0.864. The van der Waals surface area contributed by atoms with Gasteiger partial charge in [-0.15, -0.1) is 0 Å². The Morgan fingerprint density at radius 1 is 1.24 bits per heavy atom. The molecular weight excluding hydrogens is 288 g/mol. The number of nitrogens with one attached hydrogen (secondary N) is 1. The standard InChI is InChI=1S/C14H20N4O2S/c19-13-9-12(10-15-16-13)17-3-1-11(2-4-17)14(20)18-5-7-21-8-6-18/h9-11H,1-8H2,(H,16,19). The maximum atomic E-state index is 12.5. The zero-order valence-electron chi connectivity index (χ0n) is 12.0. The second-order valence-corrected chi connectivity index (χ2v) is 6.73. The number of nitrogens with zero attached hydrogens (tertiary/aromatic N) is 3. The average molecular weight is 308 g/mol. The van der Waals surface area contributed by atoms with Gasteiger partial charge in [0.15, 0.2) is 0 Å². The summed E-state index contributed by atoms with van der Waals surface area (Å²) >= 11 is 1.92. The lowest BCUT2D eigenvalue weighted by Gasteiger charge is -2.36. The summed E-state index contributed by atoms with van der Waals surface area (Å²) in [5.41, 5.74) is 0.663. The molecule has 0 saturated carbocycles. The maximum absolute atomic E-state index is 12.5. The Hall–Kier alpha value is -1.50. The largest absolute Gasteiger partial charge is 0.370 e. The van der Waals surface area contributed by atoms with E-state index in [4.69, 9.17) is 0 Å². The van der Waals surface area contributed by atoms with Crippen LogP contribution in [0.1, 0.15) is 12.8 Å². The average Bonchev–Trinajstić information content (AvgIpc) is 2.55. The minimum atomic E-state index is -0.184. The van der Waals surface area contributed by atoms with Crippen molar-refractivity contribution in [1.29, 1.82) is 0 Å². The molecule has 7 heteroatoms. The molecule has 2 fully saturated rings. The van der Waals surface area contributed by atoms with Crippen LogP contribution in [0.4, 0.5) is 5.69 Å². The van der Waals surface area contributed by atoms with Crippen molar-refractivity contribution in [3.63, 3.8) is 0 Å². The molecule has 0 spiro atoms. The summed E-state index contributed by atoms with van der Waals surface area (Å²) in [4.78, 5) is 27.9. The number of thioether (sulfide) groups is 1. The van der Waals surface area contributed by atoms with E-state index in [0.717, 1.165) is 56.2 Å². The molecule has 0 bridgehead atoms. The van der Waals surface area contributed by atoms with Gasteiger partial charge in [-0.2, -0.15) is 16.9 Å². The Morgan fingerprint density at radius 2 is 1.95 bits per heavy atom. The molecule has 3 rings (SSSR count). The molecule has 2 aliphatic rings. The molecule has 3 heterocycles. The van der Waals surface area contributed by atoms with Crippen LogP contribution >= 0.6 is 11.8 Å². The van der Waals surface area contributed by atoms with Gasteiger partial charge in [0.25, 0.3) is 5.56 Å². The van der Waals surface area contributed by atoms with Gasteiger partial charge in [0.05, 0.1) is 11.9 Å². The van der Waals surface area contributed by atoms with Crippen molar-refractivity contribution < 1.29 is 4.79 Å². The Bertz CT molecular complexity index is 548. The molecule has 2 aliphatic heterocycles. The smallest absolute Gasteiger partial charge is 0.266 e.